The Hall–Kier alpha value is -6.74. The predicted octanol–water partition coefficient (Wildman–Crippen LogP) is 5.04. The van der Waals surface area contributed by atoms with Crippen molar-refractivity contribution in [1.29, 1.82) is 0 Å². The Morgan fingerprint density at radius 3 is 1.76 bits per heavy atom. The van der Waals surface area contributed by atoms with E-state index in [0.29, 0.717) is 0 Å². The van der Waals surface area contributed by atoms with Crippen LogP contribution in [-0.4, -0.2) is 89.5 Å². The zero-order chi connectivity index (χ0) is 36.8. The highest BCUT2D eigenvalue weighted by Gasteiger charge is 2.26. The minimum atomic E-state index is -1.36. The summed E-state index contributed by atoms with van der Waals surface area (Å²) in [6.45, 7) is 0.780. The second-order valence-electron chi connectivity index (χ2n) is 9.93. The highest BCUT2D eigenvalue weighted by molar-refractivity contribution is 6.14. The van der Waals surface area contributed by atoms with E-state index in [0.717, 1.165) is 9.80 Å². The normalized spacial score (nSPS) is 10.2. The van der Waals surface area contributed by atoms with Crippen molar-refractivity contribution in [3.05, 3.63) is 88.5 Å². The van der Waals surface area contributed by atoms with Crippen LogP contribution in [0, 0.1) is 0 Å². The van der Waals surface area contributed by atoms with E-state index in [-0.39, 0.29) is 64.1 Å². The summed E-state index contributed by atoms with van der Waals surface area (Å²) in [6, 6.07) is 16.7. The maximum atomic E-state index is 13.3. The number of azide groups is 1. The van der Waals surface area contributed by atoms with E-state index in [9.17, 15) is 49.9 Å². The average Bonchev–Trinajstić information content (AvgIpc) is 3.43. The number of rotatable bonds is 18. The van der Waals surface area contributed by atoms with Crippen molar-refractivity contribution in [2.45, 2.75) is 13.8 Å². The van der Waals surface area contributed by atoms with Crippen LogP contribution in [0.25, 0.3) is 21.4 Å². The minimum absolute atomic E-state index is 0.0260. The number of aliphatic carboxylic acids is 4. The molecule has 0 amide bonds. The highest BCUT2D eigenvalue weighted by atomic mass is 16.5. The van der Waals surface area contributed by atoms with Crippen molar-refractivity contribution in [3.8, 4) is 11.5 Å². The van der Waals surface area contributed by atoms with E-state index in [1.165, 1.54) is 36.4 Å². The third-order valence-electron chi connectivity index (χ3n) is 6.58. The molecule has 1 heterocycles. The second kappa shape index (κ2) is 18.0. The Kier molecular flexibility index (Phi) is 13.6. The molecule has 17 nitrogen and oxygen atoms in total. The summed E-state index contributed by atoms with van der Waals surface area (Å²) in [5.41, 5.74) is 9.44. The summed E-state index contributed by atoms with van der Waals surface area (Å²) in [6.07, 6.45) is 0. The summed E-state index contributed by atoms with van der Waals surface area (Å²) in [7, 11) is 0. The maximum Gasteiger partial charge on any atom is 0.323 e. The van der Waals surface area contributed by atoms with Gasteiger partial charge in [0.1, 0.15) is 56.5 Å². The number of carboxylic acids is 4. The zero-order valence-corrected chi connectivity index (χ0v) is 26.9. The fraction of sp³-hybridized carbons (Fsp3) is 0.242. The Labute approximate surface area is 284 Å². The Morgan fingerprint density at radius 2 is 1.22 bits per heavy atom. The first-order valence-electron chi connectivity index (χ1n) is 15.0. The Morgan fingerprint density at radius 1 is 0.720 bits per heavy atom. The summed E-state index contributed by atoms with van der Waals surface area (Å²) >= 11 is 0. The third kappa shape index (κ3) is 9.88. The molecule has 262 valence electrons. The van der Waals surface area contributed by atoms with Gasteiger partial charge in [0.05, 0.1) is 17.1 Å². The standard InChI is InChI=1S/C31H27N5O12.C2H6/c32-34-33-29-19-12-24(47-11-10-46-22-9-5-4-8-20(22)35(14-25(37)38)15-26(39)40)21(36(16-27(41)42)17-28(43)44)13-23(19)48-31(29)30(45)18-6-2-1-3-7-18;1-2/h1-9,12-13H,10-11,14-17H2,(H,37,38)(H,39,40)(H,41,42)(H,43,44);1-2H3. The fourth-order valence-corrected chi connectivity index (χ4v) is 4.73. The molecule has 0 aliphatic heterocycles. The van der Waals surface area contributed by atoms with Crippen molar-refractivity contribution >= 4 is 57.7 Å². The van der Waals surface area contributed by atoms with Crippen LogP contribution >= 0.6 is 0 Å². The van der Waals surface area contributed by atoms with Gasteiger partial charge in [0.25, 0.3) is 0 Å². The monoisotopic (exact) mass is 691 g/mol. The van der Waals surface area contributed by atoms with Gasteiger partial charge in [-0.1, -0.05) is 61.4 Å². The second-order valence-corrected chi connectivity index (χ2v) is 9.93. The van der Waals surface area contributed by atoms with E-state index >= 15 is 0 Å². The van der Waals surface area contributed by atoms with E-state index in [2.05, 4.69) is 10.0 Å². The topological polar surface area (TPSA) is 253 Å². The number of benzene rings is 3. The van der Waals surface area contributed by atoms with Crippen LogP contribution in [-0.2, 0) is 19.2 Å². The van der Waals surface area contributed by atoms with E-state index in [1.807, 2.05) is 13.8 Å². The van der Waals surface area contributed by atoms with Gasteiger partial charge in [-0.15, -0.1) is 0 Å². The Balaban J connectivity index is 0.00000332. The fourth-order valence-electron chi connectivity index (χ4n) is 4.73. The summed E-state index contributed by atoms with van der Waals surface area (Å²) in [4.78, 5) is 64.2. The molecule has 0 radical (unpaired) electrons. The molecule has 0 saturated carbocycles. The first kappa shape index (κ1) is 37.7. The van der Waals surface area contributed by atoms with Crippen LogP contribution in [0.4, 0.5) is 17.1 Å². The summed E-state index contributed by atoms with van der Waals surface area (Å²) in [5.74, 6) is -6.11. The smallest absolute Gasteiger partial charge is 0.323 e. The van der Waals surface area contributed by atoms with Crippen LogP contribution in [0.15, 0.2) is 76.3 Å². The first-order chi connectivity index (χ1) is 24.0. The maximum absolute atomic E-state index is 13.3. The number of carbonyl (C=O) groups excluding carboxylic acids is 1. The van der Waals surface area contributed by atoms with E-state index in [4.69, 9.17) is 13.9 Å². The number of furan rings is 1. The molecule has 0 bridgehead atoms. The van der Waals surface area contributed by atoms with Crippen LogP contribution in [0.3, 0.4) is 0 Å². The molecule has 4 aromatic rings. The minimum Gasteiger partial charge on any atom is -0.488 e. The Bertz CT molecular complexity index is 1870. The van der Waals surface area contributed by atoms with Gasteiger partial charge in [0, 0.05) is 21.9 Å². The molecule has 3 aromatic carbocycles. The van der Waals surface area contributed by atoms with Crippen molar-refractivity contribution in [1.82, 2.24) is 0 Å². The predicted molar refractivity (Wildman–Crippen MR) is 179 cm³/mol. The number of anilines is 2. The molecule has 0 aliphatic carbocycles. The number of carboxylic acid groups (broad SMARTS) is 4. The number of hydrogen-bond acceptors (Lipinski definition) is 11. The number of fused-ring (bicyclic) bond motifs is 1. The molecular formula is C33H33N5O12. The average molecular weight is 692 g/mol. The number of ketones is 1. The lowest BCUT2D eigenvalue weighted by atomic mass is 10.1. The largest absolute Gasteiger partial charge is 0.488 e. The summed E-state index contributed by atoms with van der Waals surface area (Å²) in [5, 5.41) is 41.3. The molecule has 0 unspecified atom stereocenters. The van der Waals surface area contributed by atoms with Gasteiger partial charge in [-0.2, -0.15) is 0 Å². The third-order valence-corrected chi connectivity index (χ3v) is 6.58. The SMILES string of the molecule is CC.[N-]=[N+]=Nc1c(C(=O)c2ccccc2)oc2cc(N(CC(=O)O)CC(=O)O)c(OCCOc3ccccc3N(CC(=O)O)CC(=O)O)cc12. The number of ether oxygens (including phenoxy) is 2. The molecule has 4 N–H and O–H groups in total. The molecule has 0 spiro atoms. The lowest BCUT2D eigenvalue weighted by molar-refractivity contribution is -0.138. The number of hydrogen-bond donors (Lipinski definition) is 4. The van der Waals surface area contributed by atoms with Crippen LogP contribution < -0.4 is 19.3 Å². The van der Waals surface area contributed by atoms with Crippen molar-refractivity contribution in [3.63, 3.8) is 0 Å². The van der Waals surface area contributed by atoms with Crippen LogP contribution in [0.5, 0.6) is 11.5 Å². The number of carbonyl (C=O) groups is 5. The highest BCUT2D eigenvalue weighted by Crippen LogP contribution is 2.42. The molecule has 0 fully saturated rings. The van der Waals surface area contributed by atoms with Crippen molar-refractivity contribution < 1.29 is 58.3 Å². The van der Waals surface area contributed by atoms with Gasteiger partial charge in [-0.3, -0.25) is 24.0 Å². The van der Waals surface area contributed by atoms with Gasteiger partial charge in [0.15, 0.2) is 5.76 Å². The number of nitrogens with zero attached hydrogens (tertiary/aromatic N) is 5. The molecule has 0 saturated heterocycles. The summed E-state index contributed by atoms with van der Waals surface area (Å²) < 4.78 is 17.5. The molecule has 0 atom stereocenters. The molecule has 1 aromatic heterocycles. The van der Waals surface area contributed by atoms with Crippen molar-refractivity contribution in [2.75, 3.05) is 49.2 Å². The van der Waals surface area contributed by atoms with Gasteiger partial charge >= 0.3 is 23.9 Å². The van der Waals surface area contributed by atoms with Gasteiger partial charge in [-0.05, 0) is 23.7 Å². The van der Waals surface area contributed by atoms with Crippen LogP contribution in [0.1, 0.15) is 30.0 Å². The molecule has 4 rings (SSSR count). The first-order valence-corrected chi connectivity index (χ1v) is 15.0. The molecular weight excluding hydrogens is 658 g/mol. The van der Waals surface area contributed by atoms with Gasteiger partial charge < -0.3 is 44.1 Å². The van der Waals surface area contributed by atoms with Gasteiger partial charge in [-0.25, -0.2) is 0 Å². The van der Waals surface area contributed by atoms with E-state index in [1.54, 1.807) is 30.3 Å². The van der Waals surface area contributed by atoms with Gasteiger partial charge in [0.2, 0.25) is 5.78 Å². The lowest BCUT2D eigenvalue weighted by Gasteiger charge is -2.24. The quantitative estimate of drug-likeness (QED) is 0.0351. The van der Waals surface area contributed by atoms with Crippen LogP contribution in [0.2, 0.25) is 0 Å². The molecule has 17 heteroatoms. The zero-order valence-electron chi connectivity index (χ0n) is 26.9. The number of para-hydroxylation sites is 2. The van der Waals surface area contributed by atoms with E-state index < -0.39 is 55.8 Å². The van der Waals surface area contributed by atoms with Crippen molar-refractivity contribution in [2.24, 2.45) is 5.11 Å². The lowest BCUT2D eigenvalue weighted by Crippen LogP contribution is -2.35. The molecule has 50 heavy (non-hydrogen) atoms. The molecule has 0 aliphatic rings.